The number of aromatic nitrogens is 1. The van der Waals surface area contributed by atoms with Crippen LogP contribution in [0, 0.1) is 13.8 Å². The fourth-order valence-electron chi connectivity index (χ4n) is 1.51. The highest BCUT2D eigenvalue weighted by Crippen LogP contribution is 2.19. The molecule has 94 valence electrons. The fraction of sp³-hybridized carbons (Fsp3) is 0.500. The van der Waals surface area contributed by atoms with Gasteiger partial charge in [0.1, 0.15) is 5.84 Å². The highest BCUT2D eigenvalue weighted by Gasteiger charge is 1.99. The Morgan fingerprint density at radius 3 is 2.82 bits per heavy atom. The molecule has 0 aliphatic heterocycles. The molecule has 17 heavy (non-hydrogen) atoms. The van der Waals surface area contributed by atoms with Gasteiger partial charge in [0.05, 0.1) is 5.03 Å². The van der Waals surface area contributed by atoms with Crippen molar-refractivity contribution in [2.75, 3.05) is 5.75 Å². The number of nitrogens with zero attached hydrogens (tertiary/aromatic N) is 2. The largest absolute Gasteiger partial charge is 0.409 e. The molecule has 0 radical (unpaired) electrons. The van der Waals surface area contributed by atoms with Crippen molar-refractivity contribution < 1.29 is 5.21 Å². The van der Waals surface area contributed by atoms with Crippen molar-refractivity contribution in [1.29, 1.82) is 0 Å². The molecule has 0 saturated heterocycles. The van der Waals surface area contributed by atoms with E-state index >= 15 is 0 Å². The summed E-state index contributed by atoms with van der Waals surface area (Å²) in [6.07, 6.45) is 2.63. The number of thioether (sulfide) groups is 1. The van der Waals surface area contributed by atoms with Crippen molar-refractivity contribution in [2.45, 2.75) is 38.1 Å². The predicted molar refractivity (Wildman–Crippen MR) is 71.7 cm³/mol. The van der Waals surface area contributed by atoms with Crippen molar-refractivity contribution in [3.05, 3.63) is 23.4 Å². The summed E-state index contributed by atoms with van der Waals surface area (Å²) in [6.45, 7) is 4.09. The van der Waals surface area contributed by atoms with Gasteiger partial charge in [-0.25, -0.2) is 4.98 Å². The van der Waals surface area contributed by atoms with Gasteiger partial charge in [-0.3, -0.25) is 0 Å². The fourth-order valence-corrected chi connectivity index (χ4v) is 2.55. The van der Waals surface area contributed by atoms with E-state index in [0.29, 0.717) is 12.3 Å². The minimum Gasteiger partial charge on any atom is -0.409 e. The van der Waals surface area contributed by atoms with E-state index in [4.69, 9.17) is 10.9 Å². The van der Waals surface area contributed by atoms with Gasteiger partial charge >= 0.3 is 0 Å². The summed E-state index contributed by atoms with van der Waals surface area (Å²) >= 11 is 1.75. The molecule has 0 unspecified atom stereocenters. The zero-order valence-corrected chi connectivity index (χ0v) is 11.1. The lowest BCUT2D eigenvalue weighted by atomic mass is 10.2. The van der Waals surface area contributed by atoms with Gasteiger partial charge in [-0.1, -0.05) is 5.16 Å². The lowest BCUT2D eigenvalue weighted by Crippen LogP contribution is -2.10. The first-order valence-corrected chi connectivity index (χ1v) is 6.65. The Morgan fingerprint density at radius 1 is 1.41 bits per heavy atom. The van der Waals surface area contributed by atoms with Crippen LogP contribution in [0.2, 0.25) is 0 Å². The molecule has 4 nitrogen and oxygen atoms in total. The molecule has 1 aromatic rings. The molecule has 0 aliphatic rings. The zero-order chi connectivity index (χ0) is 12.7. The van der Waals surface area contributed by atoms with Crippen LogP contribution < -0.4 is 5.73 Å². The summed E-state index contributed by atoms with van der Waals surface area (Å²) in [5.41, 5.74) is 7.69. The first-order valence-electron chi connectivity index (χ1n) is 5.66. The Bertz CT molecular complexity index is 373. The van der Waals surface area contributed by atoms with Crippen LogP contribution in [0.15, 0.2) is 22.3 Å². The molecular formula is C12H19N3OS. The van der Waals surface area contributed by atoms with Crippen LogP contribution in [0.5, 0.6) is 0 Å². The maximum Gasteiger partial charge on any atom is 0.139 e. The summed E-state index contributed by atoms with van der Waals surface area (Å²) < 4.78 is 0. The third-order valence-corrected chi connectivity index (χ3v) is 3.28. The second-order valence-electron chi connectivity index (χ2n) is 4.02. The highest BCUT2D eigenvalue weighted by molar-refractivity contribution is 7.99. The molecule has 1 heterocycles. The average Bonchev–Trinajstić information content (AvgIpc) is 2.27. The van der Waals surface area contributed by atoms with Gasteiger partial charge in [-0.2, -0.15) is 0 Å². The van der Waals surface area contributed by atoms with Crippen LogP contribution in [-0.4, -0.2) is 21.8 Å². The van der Waals surface area contributed by atoms with E-state index in [0.717, 1.165) is 29.3 Å². The maximum absolute atomic E-state index is 8.38. The molecule has 0 bridgehead atoms. The molecule has 0 amide bonds. The molecule has 3 N–H and O–H groups in total. The Labute approximate surface area is 106 Å². The Hall–Kier alpha value is -1.23. The molecule has 0 spiro atoms. The normalized spacial score (nSPS) is 11.8. The van der Waals surface area contributed by atoms with Crippen molar-refractivity contribution in [1.82, 2.24) is 4.98 Å². The molecule has 0 saturated carbocycles. The van der Waals surface area contributed by atoms with Crippen LogP contribution in [0.3, 0.4) is 0 Å². The second-order valence-corrected chi connectivity index (χ2v) is 5.14. The number of rotatable bonds is 6. The van der Waals surface area contributed by atoms with Gasteiger partial charge in [-0.15, -0.1) is 11.8 Å². The SMILES string of the molecule is Cc1cc(C)nc(SCCCC/C(N)=N/O)c1. The van der Waals surface area contributed by atoms with Crippen molar-refractivity contribution >= 4 is 17.6 Å². The molecule has 1 aromatic heterocycles. The van der Waals surface area contributed by atoms with Crippen LogP contribution in [0.1, 0.15) is 30.5 Å². The Morgan fingerprint density at radius 2 is 2.18 bits per heavy atom. The van der Waals surface area contributed by atoms with E-state index < -0.39 is 0 Å². The minimum atomic E-state index is 0.305. The van der Waals surface area contributed by atoms with Gasteiger partial charge in [0.15, 0.2) is 0 Å². The van der Waals surface area contributed by atoms with E-state index in [-0.39, 0.29) is 0 Å². The first-order chi connectivity index (χ1) is 8.11. The molecule has 0 aromatic carbocycles. The van der Waals surface area contributed by atoms with Crippen molar-refractivity contribution in [3.8, 4) is 0 Å². The smallest absolute Gasteiger partial charge is 0.139 e. The quantitative estimate of drug-likeness (QED) is 0.204. The summed E-state index contributed by atoms with van der Waals surface area (Å²) in [6, 6.07) is 4.17. The monoisotopic (exact) mass is 253 g/mol. The Balaban J connectivity index is 2.26. The molecule has 0 atom stereocenters. The topological polar surface area (TPSA) is 71.5 Å². The Kier molecular flexibility index (Phi) is 5.83. The summed E-state index contributed by atoms with van der Waals surface area (Å²) in [5.74, 6) is 1.31. The maximum atomic E-state index is 8.38. The van der Waals surface area contributed by atoms with Crippen molar-refractivity contribution in [2.24, 2.45) is 10.9 Å². The number of pyridine rings is 1. The summed E-state index contributed by atoms with van der Waals surface area (Å²) in [4.78, 5) is 4.46. The number of unbranched alkanes of at least 4 members (excludes halogenated alkanes) is 1. The second kappa shape index (κ2) is 7.17. The number of aryl methyl sites for hydroxylation is 2. The summed E-state index contributed by atoms with van der Waals surface area (Å²) in [5, 5.41) is 12.4. The van der Waals surface area contributed by atoms with Gasteiger partial charge in [0.25, 0.3) is 0 Å². The number of oxime groups is 1. The van der Waals surface area contributed by atoms with E-state index in [1.54, 1.807) is 11.8 Å². The van der Waals surface area contributed by atoms with E-state index in [1.165, 1.54) is 5.56 Å². The molecule has 5 heteroatoms. The van der Waals surface area contributed by atoms with E-state index in [9.17, 15) is 0 Å². The lowest BCUT2D eigenvalue weighted by molar-refractivity contribution is 0.316. The van der Waals surface area contributed by atoms with Crippen molar-refractivity contribution in [3.63, 3.8) is 0 Å². The third kappa shape index (κ3) is 5.58. The number of nitrogens with two attached hydrogens (primary N) is 1. The predicted octanol–water partition coefficient (Wildman–Crippen LogP) is 2.71. The van der Waals surface area contributed by atoms with E-state index in [1.807, 2.05) is 6.92 Å². The average molecular weight is 253 g/mol. The molecule has 1 rings (SSSR count). The molecule has 0 fully saturated rings. The van der Waals surface area contributed by atoms with Crippen LogP contribution in [0.4, 0.5) is 0 Å². The van der Waals surface area contributed by atoms with Gasteiger partial charge in [-0.05, 0) is 50.1 Å². The molecule has 0 aliphatic carbocycles. The minimum absolute atomic E-state index is 0.305. The van der Waals surface area contributed by atoms with Gasteiger partial charge in [0, 0.05) is 12.1 Å². The van der Waals surface area contributed by atoms with Crippen LogP contribution >= 0.6 is 11.8 Å². The van der Waals surface area contributed by atoms with Crippen LogP contribution in [0.25, 0.3) is 0 Å². The number of hydrogen-bond acceptors (Lipinski definition) is 4. The lowest BCUT2D eigenvalue weighted by Gasteiger charge is -2.03. The van der Waals surface area contributed by atoms with Gasteiger partial charge in [0.2, 0.25) is 0 Å². The highest BCUT2D eigenvalue weighted by atomic mass is 32.2. The number of amidine groups is 1. The third-order valence-electron chi connectivity index (χ3n) is 2.28. The number of hydrogen-bond donors (Lipinski definition) is 2. The van der Waals surface area contributed by atoms with E-state index in [2.05, 4.69) is 29.2 Å². The van der Waals surface area contributed by atoms with Crippen LogP contribution in [-0.2, 0) is 0 Å². The first kappa shape index (κ1) is 13.8. The van der Waals surface area contributed by atoms with Gasteiger partial charge < -0.3 is 10.9 Å². The molecular weight excluding hydrogens is 234 g/mol. The zero-order valence-electron chi connectivity index (χ0n) is 10.3. The summed E-state index contributed by atoms with van der Waals surface area (Å²) in [7, 11) is 0. The standard InChI is InChI=1S/C12H19N3OS/c1-9-7-10(2)14-12(8-9)17-6-4-3-5-11(13)15-16/h7-8,16H,3-6H2,1-2H3,(H2,13,15).